The molecule has 2 amide bonds. The first-order valence-corrected chi connectivity index (χ1v) is 10.3. The Labute approximate surface area is 183 Å². The van der Waals surface area contributed by atoms with Gasteiger partial charge in [0.25, 0.3) is 5.91 Å². The number of nitrogens with one attached hydrogen (secondary N) is 1. The van der Waals surface area contributed by atoms with Crippen LogP contribution in [-0.2, 0) is 16.1 Å². The number of ether oxygens (including phenoxy) is 2. The summed E-state index contributed by atoms with van der Waals surface area (Å²) < 4.78 is 25.3. The van der Waals surface area contributed by atoms with E-state index in [2.05, 4.69) is 5.32 Å². The zero-order chi connectivity index (χ0) is 22.7. The molecule has 0 radical (unpaired) electrons. The fraction of sp³-hybridized carbons (Fsp3) is 0.364. The quantitative estimate of drug-likeness (QED) is 0.620. The third-order valence-corrected chi connectivity index (χ3v) is 5.49. The molecule has 10 heteroatoms. The molecule has 0 saturated carbocycles. The number of phenols is 1. The van der Waals surface area contributed by atoms with Gasteiger partial charge in [-0.25, -0.2) is 9.18 Å². The number of cyclic esters (lactones) is 1. The summed E-state index contributed by atoms with van der Waals surface area (Å²) in [5, 5.41) is 21.9. The van der Waals surface area contributed by atoms with Crippen LogP contribution in [0.1, 0.15) is 15.9 Å². The number of morpholine rings is 1. The second kappa shape index (κ2) is 9.41. The maximum absolute atomic E-state index is 14.7. The molecule has 0 spiro atoms. The van der Waals surface area contributed by atoms with E-state index in [9.17, 15) is 24.2 Å². The summed E-state index contributed by atoms with van der Waals surface area (Å²) in [6.07, 6.45) is -1.27. The first-order valence-electron chi connectivity index (χ1n) is 10.3. The second-order valence-corrected chi connectivity index (χ2v) is 7.53. The van der Waals surface area contributed by atoms with Crippen molar-refractivity contribution in [1.29, 1.82) is 0 Å². The fourth-order valence-electron chi connectivity index (χ4n) is 3.77. The number of hydrogen-bond acceptors (Lipinski definition) is 7. The van der Waals surface area contributed by atoms with Crippen molar-refractivity contribution in [2.45, 2.75) is 12.7 Å². The number of benzene rings is 2. The number of anilines is 2. The van der Waals surface area contributed by atoms with Crippen LogP contribution >= 0.6 is 0 Å². The summed E-state index contributed by atoms with van der Waals surface area (Å²) >= 11 is 0. The van der Waals surface area contributed by atoms with E-state index in [-0.39, 0.29) is 30.0 Å². The van der Waals surface area contributed by atoms with Crippen molar-refractivity contribution >= 4 is 23.4 Å². The zero-order valence-corrected chi connectivity index (χ0v) is 17.3. The molecular formula is C22H24FN3O6. The van der Waals surface area contributed by atoms with E-state index in [1.165, 1.54) is 23.1 Å². The summed E-state index contributed by atoms with van der Waals surface area (Å²) in [6.45, 7) is 2.02. The third kappa shape index (κ3) is 4.46. The zero-order valence-electron chi connectivity index (χ0n) is 17.3. The lowest BCUT2D eigenvalue weighted by Crippen LogP contribution is -2.37. The number of carbonyl (C=O) groups excluding carboxylic acids is 2. The molecule has 2 heterocycles. The Kier molecular flexibility index (Phi) is 6.42. The summed E-state index contributed by atoms with van der Waals surface area (Å²) in [5.41, 5.74) is 1.07. The summed E-state index contributed by atoms with van der Waals surface area (Å²) in [4.78, 5) is 27.9. The van der Waals surface area contributed by atoms with E-state index < -0.39 is 30.5 Å². The average molecular weight is 445 g/mol. The molecule has 3 N–H and O–H groups in total. The number of aliphatic hydroxyl groups is 1. The summed E-state index contributed by atoms with van der Waals surface area (Å²) in [7, 11) is 0. The molecule has 1 unspecified atom stereocenters. The largest absolute Gasteiger partial charge is 0.507 e. The minimum absolute atomic E-state index is 0.0121. The Hall–Kier alpha value is -3.37. The number of halogens is 1. The minimum atomic E-state index is -0.642. The monoisotopic (exact) mass is 445 g/mol. The number of para-hydroxylation sites is 1. The van der Waals surface area contributed by atoms with Gasteiger partial charge in [-0.05, 0) is 24.3 Å². The van der Waals surface area contributed by atoms with E-state index in [0.29, 0.717) is 37.7 Å². The van der Waals surface area contributed by atoms with Gasteiger partial charge in [0.05, 0.1) is 49.8 Å². The van der Waals surface area contributed by atoms with Crippen molar-refractivity contribution in [3.05, 3.63) is 53.3 Å². The number of aliphatic hydroxyl groups excluding tert-OH is 1. The van der Waals surface area contributed by atoms with Crippen LogP contribution in [0.5, 0.6) is 5.75 Å². The second-order valence-electron chi connectivity index (χ2n) is 7.53. The van der Waals surface area contributed by atoms with Crippen LogP contribution in [0.4, 0.5) is 20.6 Å². The maximum atomic E-state index is 14.7. The Bertz CT molecular complexity index is 1010. The molecule has 0 aliphatic carbocycles. The number of hydrogen-bond donors (Lipinski definition) is 3. The van der Waals surface area contributed by atoms with Gasteiger partial charge in [-0.2, -0.15) is 0 Å². The molecule has 2 aliphatic rings. The van der Waals surface area contributed by atoms with Gasteiger partial charge in [0.2, 0.25) is 0 Å². The van der Waals surface area contributed by atoms with Crippen LogP contribution in [0.25, 0.3) is 0 Å². The highest BCUT2D eigenvalue weighted by molar-refractivity contribution is 5.97. The average Bonchev–Trinajstić information content (AvgIpc) is 3.18. The predicted octanol–water partition coefficient (Wildman–Crippen LogP) is 1.62. The SMILES string of the molecule is O=C(NCC1CN(c2ccc(N3CCOCC3)c(F)c2)C(=O)O1)c1cccc(CO)c1O. The van der Waals surface area contributed by atoms with Gasteiger partial charge in [0.1, 0.15) is 17.7 Å². The number of rotatable bonds is 6. The van der Waals surface area contributed by atoms with E-state index in [1.54, 1.807) is 18.2 Å². The summed E-state index contributed by atoms with van der Waals surface area (Å²) in [5.74, 6) is -1.30. The van der Waals surface area contributed by atoms with Crippen molar-refractivity contribution in [2.75, 3.05) is 49.2 Å². The molecule has 170 valence electrons. The van der Waals surface area contributed by atoms with Crippen molar-refractivity contribution in [3.8, 4) is 5.75 Å². The molecule has 2 aliphatic heterocycles. The highest BCUT2D eigenvalue weighted by atomic mass is 19.1. The van der Waals surface area contributed by atoms with Crippen LogP contribution < -0.4 is 15.1 Å². The van der Waals surface area contributed by atoms with Gasteiger partial charge in [-0.15, -0.1) is 0 Å². The van der Waals surface area contributed by atoms with Crippen LogP contribution in [0.15, 0.2) is 36.4 Å². The Morgan fingerprint density at radius 3 is 2.72 bits per heavy atom. The van der Waals surface area contributed by atoms with Gasteiger partial charge in [-0.3, -0.25) is 9.69 Å². The maximum Gasteiger partial charge on any atom is 0.414 e. The molecule has 2 fully saturated rings. The fourth-order valence-corrected chi connectivity index (χ4v) is 3.77. The van der Waals surface area contributed by atoms with Gasteiger partial charge >= 0.3 is 6.09 Å². The van der Waals surface area contributed by atoms with Gasteiger partial charge in [-0.1, -0.05) is 12.1 Å². The van der Waals surface area contributed by atoms with Crippen LogP contribution in [-0.4, -0.2) is 67.7 Å². The molecule has 9 nitrogen and oxygen atoms in total. The molecule has 32 heavy (non-hydrogen) atoms. The standard InChI is InChI=1S/C22H24FN3O6/c23-18-10-15(4-5-19(18)25-6-8-31-9-7-25)26-12-16(32-22(26)30)11-24-21(29)17-3-1-2-14(13-27)20(17)28/h1-5,10,16,27-28H,6-9,11-13H2,(H,24,29). The normalized spacial score (nSPS) is 18.6. The molecule has 4 rings (SSSR count). The minimum Gasteiger partial charge on any atom is -0.507 e. The number of aromatic hydroxyl groups is 1. The van der Waals surface area contributed by atoms with Gasteiger partial charge in [0.15, 0.2) is 0 Å². The molecule has 0 aromatic heterocycles. The Morgan fingerprint density at radius 2 is 2.00 bits per heavy atom. The molecule has 2 saturated heterocycles. The number of amides is 2. The van der Waals surface area contributed by atoms with E-state index in [1.807, 2.05) is 4.90 Å². The number of carbonyl (C=O) groups is 2. The lowest BCUT2D eigenvalue weighted by atomic mass is 10.1. The molecule has 2 aromatic carbocycles. The van der Waals surface area contributed by atoms with Crippen molar-refractivity contribution in [2.24, 2.45) is 0 Å². The number of nitrogens with zero attached hydrogens (tertiary/aromatic N) is 2. The topological polar surface area (TPSA) is 112 Å². The first-order chi connectivity index (χ1) is 15.5. The van der Waals surface area contributed by atoms with Crippen LogP contribution in [0.3, 0.4) is 0 Å². The highest BCUT2D eigenvalue weighted by Crippen LogP contribution is 2.28. The lowest BCUT2D eigenvalue weighted by molar-refractivity contribution is 0.0913. The van der Waals surface area contributed by atoms with Crippen molar-refractivity contribution < 1.29 is 33.7 Å². The molecule has 2 aromatic rings. The van der Waals surface area contributed by atoms with E-state index >= 15 is 0 Å². The lowest BCUT2D eigenvalue weighted by Gasteiger charge is -2.29. The Morgan fingerprint density at radius 1 is 1.22 bits per heavy atom. The Balaban J connectivity index is 1.38. The van der Waals surface area contributed by atoms with Crippen LogP contribution in [0.2, 0.25) is 0 Å². The molecule has 1 atom stereocenters. The molecule has 0 bridgehead atoms. The smallest absolute Gasteiger partial charge is 0.414 e. The van der Waals surface area contributed by atoms with Crippen molar-refractivity contribution in [3.63, 3.8) is 0 Å². The third-order valence-electron chi connectivity index (χ3n) is 5.49. The van der Waals surface area contributed by atoms with Gasteiger partial charge < -0.3 is 29.9 Å². The highest BCUT2D eigenvalue weighted by Gasteiger charge is 2.33. The molecular weight excluding hydrogens is 421 g/mol. The first kappa shape index (κ1) is 21.8. The van der Waals surface area contributed by atoms with Crippen molar-refractivity contribution in [1.82, 2.24) is 5.32 Å². The van der Waals surface area contributed by atoms with Crippen LogP contribution in [0, 0.1) is 5.82 Å². The van der Waals surface area contributed by atoms with E-state index in [4.69, 9.17) is 9.47 Å². The summed E-state index contributed by atoms with van der Waals surface area (Å²) in [6, 6.07) is 9.07. The van der Waals surface area contributed by atoms with Gasteiger partial charge in [0, 0.05) is 18.7 Å². The predicted molar refractivity (Wildman–Crippen MR) is 113 cm³/mol. The van der Waals surface area contributed by atoms with E-state index in [0.717, 1.165) is 0 Å².